The highest BCUT2D eigenvalue weighted by atomic mass is 32.1. The number of halogens is 3. The molecule has 19 heavy (non-hydrogen) atoms. The molecular formula is C10H11F3N4OS. The second-order valence-electron chi connectivity index (χ2n) is 3.60. The third-order valence-electron chi connectivity index (χ3n) is 2.11. The Balaban J connectivity index is 3.02. The number of alkyl halides is 3. The molecule has 1 aromatic rings. The highest BCUT2D eigenvalue weighted by molar-refractivity contribution is 7.80. The number of primary amides is 1. The van der Waals surface area contributed by atoms with Crippen molar-refractivity contribution in [1.82, 2.24) is 4.98 Å². The molecule has 1 amide bonds. The number of rotatable bonds is 5. The van der Waals surface area contributed by atoms with Gasteiger partial charge in [-0.15, -0.1) is 0 Å². The van der Waals surface area contributed by atoms with E-state index in [0.717, 1.165) is 12.1 Å². The van der Waals surface area contributed by atoms with E-state index in [1.54, 1.807) is 0 Å². The van der Waals surface area contributed by atoms with Crippen molar-refractivity contribution < 1.29 is 18.0 Å². The molecule has 0 spiro atoms. The van der Waals surface area contributed by atoms with Crippen LogP contribution in [0.15, 0.2) is 12.1 Å². The van der Waals surface area contributed by atoms with Gasteiger partial charge in [0.2, 0.25) is 5.91 Å². The first-order chi connectivity index (χ1) is 8.71. The van der Waals surface area contributed by atoms with Crippen molar-refractivity contribution in [3.05, 3.63) is 23.4 Å². The molecule has 0 atom stereocenters. The van der Waals surface area contributed by atoms with Crippen molar-refractivity contribution in [2.45, 2.75) is 12.6 Å². The van der Waals surface area contributed by atoms with Crippen molar-refractivity contribution in [2.24, 2.45) is 11.5 Å². The second kappa shape index (κ2) is 5.83. The zero-order valence-electron chi connectivity index (χ0n) is 9.62. The molecule has 104 valence electrons. The smallest absolute Gasteiger partial charge is 0.389 e. The summed E-state index contributed by atoms with van der Waals surface area (Å²) in [7, 11) is 0. The van der Waals surface area contributed by atoms with E-state index in [9.17, 15) is 18.0 Å². The molecule has 1 aromatic heterocycles. The lowest BCUT2D eigenvalue weighted by atomic mass is 10.2. The van der Waals surface area contributed by atoms with E-state index in [0.29, 0.717) is 0 Å². The standard InChI is InChI=1S/C10H11F3N4OS/c11-10(12,13)6-2-1-5(8(15)19)9(17-6)16-4-3-7(14)18/h1-2H,3-4H2,(H2,14,18)(H2,15,19)(H,16,17). The number of carbonyl (C=O) groups is 1. The Kier molecular flexibility index (Phi) is 4.65. The Hall–Kier alpha value is -1.90. The molecule has 5 nitrogen and oxygen atoms in total. The Morgan fingerprint density at radius 3 is 2.47 bits per heavy atom. The lowest BCUT2D eigenvalue weighted by Gasteiger charge is -2.13. The van der Waals surface area contributed by atoms with Gasteiger partial charge in [0.1, 0.15) is 16.5 Å². The van der Waals surface area contributed by atoms with Crippen molar-refractivity contribution >= 4 is 28.9 Å². The molecule has 5 N–H and O–H groups in total. The van der Waals surface area contributed by atoms with Crippen LogP contribution in [0.1, 0.15) is 17.7 Å². The first kappa shape index (κ1) is 15.2. The fourth-order valence-electron chi connectivity index (χ4n) is 1.25. The SMILES string of the molecule is NC(=O)CCNc1nc(C(F)(F)F)ccc1C(N)=S. The topological polar surface area (TPSA) is 94.0 Å². The van der Waals surface area contributed by atoms with Gasteiger partial charge < -0.3 is 16.8 Å². The summed E-state index contributed by atoms with van der Waals surface area (Å²) in [6.45, 7) is 0.0409. The number of nitrogens with two attached hydrogens (primary N) is 2. The molecule has 0 aromatic carbocycles. The fraction of sp³-hybridized carbons (Fsp3) is 0.300. The van der Waals surface area contributed by atoms with Crippen LogP contribution in [-0.2, 0) is 11.0 Å². The van der Waals surface area contributed by atoms with Crippen LogP contribution < -0.4 is 16.8 Å². The predicted octanol–water partition coefficient (Wildman–Crippen LogP) is 1.02. The van der Waals surface area contributed by atoms with Crippen LogP contribution in [0.3, 0.4) is 0 Å². The molecule has 0 aliphatic rings. The van der Waals surface area contributed by atoms with Crippen LogP contribution >= 0.6 is 12.2 Å². The average molecular weight is 292 g/mol. The molecule has 0 saturated heterocycles. The molecule has 1 heterocycles. The molecule has 0 fully saturated rings. The fourth-order valence-corrected chi connectivity index (χ4v) is 1.42. The molecule has 1 rings (SSSR count). The molecule has 0 aliphatic heterocycles. The largest absolute Gasteiger partial charge is 0.433 e. The lowest BCUT2D eigenvalue weighted by molar-refractivity contribution is -0.141. The zero-order chi connectivity index (χ0) is 14.6. The van der Waals surface area contributed by atoms with Gasteiger partial charge >= 0.3 is 6.18 Å². The summed E-state index contributed by atoms with van der Waals surface area (Å²) in [6, 6.07) is 1.92. The Morgan fingerprint density at radius 2 is 2.00 bits per heavy atom. The minimum Gasteiger partial charge on any atom is -0.389 e. The average Bonchev–Trinajstić information content (AvgIpc) is 2.26. The maximum atomic E-state index is 12.5. The normalized spacial score (nSPS) is 11.1. The summed E-state index contributed by atoms with van der Waals surface area (Å²) in [4.78, 5) is 13.9. The molecule has 0 bridgehead atoms. The lowest BCUT2D eigenvalue weighted by Crippen LogP contribution is -2.20. The van der Waals surface area contributed by atoms with E-state index < -0.39 is 17.8 Å². The van der Waals surface area contributed by atoms with Crippen molar-refractivity contribution in [3.63, 3.8) is 0 Å². The van der Waals surface area contributed by atoms with Crippen LogP contribution in [0.5, 0.6) is 0 Å². The first-order valence-electron chi connectivity index (χ1n) is 5.12. The molecule has 9 heteroatoms. The van der Waals surface area contributed by atoms with Crippen molar-refractivity contribution in [2.75, 3.05) is 11.9 Å². The summed E-state index contributed by atoms with van der Waals surface area (Å²) < 4.78 is 37.6. The highest BCUT2D eigenvalue weighted by Crippen LogP contribution is 2.29. The number of thiocarbonyl (C=S) groups is 1. The summed E-state index contributed by atoms with van der Waals surface area (Å²) in [5.41, 5.74) is 9.41. The maximum Gasteiger partial charge on any atom is 0.433 e. The number of hydrogen-bond acceptors (Lipinski definition) is 4. The summed E-state index contributed by atoms with van der Waals surface area (Å²) >= 11 is 4.71. The minimum atomic E-state index is -4.57. The predicted molar refractivity (Wildman–Crippen MR) is 67.4 cm³/mol. The van der Waals surface area contributed by atoms with E-state index in [4.69, 9.17) is 23.7 Å². The number of anilines is 1. The van der Waals surface area contributed by atoms with Crippen molar-refractivity contribution in [1.29, 1.82) is 0 Å². The zero-order valence-corrected chi connectivity index (χ0v) is 10.4. The Morgan fingerprint density at radius 1 is 1.37 bits per heavy atom. The maximum absolute atomic E-state index is 12.5. The summed E-state index contributed by atoms with van der Waals surface area (Å²) in [5.74, 6) is -0.708. The molecule has 0 aliphatic carbocycles. The summed E-state index contributed by atoms with van der Waals surface area (Å²) in [6.07, 6.45) is -4.62. The van der Waals surface area contributed by atoms with E-state index in [1.807, 2.05) is 0 Å². The van der Waals surface area contributed by atoms with Gasteiger partial charge in [0.05, 0.1) is 5.56 Å². The monoisotopic (exact) mass is 292 g/mol. The van der Waals surface area contributed by atoms with Gasteiger partial charge in [-0.3, -0.25) is 4.79 Å². The van der Waals surface area contributed by atoms with Gasteiger partial charge in [0.25, 0.3) is 0 Å². The van der Waals surface area contributed by atoms with Gasteiger partial charge in [0.15, 0.2) is 0 Å². The van der Waals surface area contributed by atoms with Crippen LogP contribution in [0.4, 0.5) is 19.0 Å². The van der Waals surface area contributed by atoms with Gasteiger partial charge in [-0.1, -0.05) is 12.2 Å². The van der Waals surface area contributed by atoms with E-state index in [-0.39, 0.29) is 29.3 Å². The van der Waals surface area contributed by atoms with Gasteiger partial charge in [-0.25, -0.2) is 4.98 Å². The van der Waals surface area contributed by atoms with Crippen LogP contribution in [0.2, 0.25) is 0 Å². The van der Waals surface area contributed by atoms with E-state index >= 15 is 0 Å². The third kappa shape index (κ3) is 4.36. The van der Waals surface area contributed by atoms with E-state index in [1.165, 1.54) is 0 Å². The third-order valence-corrected chi connectivity index (χ3v) is 2.33. The number of amides is 1. The molecule has 0 saturated carbocycles. The Bertz CT molecular complexity index is 504. The van der Waals surface area contributed by atoms with Gasteiger partial charge in [-0.2, -0.15) is 13.2 Å². The molecular weight excluding hydrogens is 281 g/mol. The number of hydrogen-bond donors (Lipinski definition) is 3. The number of nitrogens with zero attached hydrogens (tertiary/aromatic N) is 1. The quantitative estimate of drug-likeness (QED) is 0.704. The first-order valence-corrected chi connectivity index (χ1v) is 5.53. The van der Waals surface area contributed by atoms with Gasteiger partial charge in [-0.05, 0) is 12.1 Å². The minimum absolute atomic E-state index is 0.0409. The number of pyridine rings is 1. The number of nitrogens with one attached hydrogen (secondary N) is 1. The molecule has 0 radical (unpaired) electrons. The highest BCUT2D eigenvalue weighted by Gasteiger charge is 2.33. The van der Waals surface area contributed by atoms with Crippen LogP contribution in [0.25, 0.3) is 0 Å². The number of carbonyl (C=O) groups excluding carboxylic acids is 1. The van der Waals surface area contributed by atoms with E-state index in [2.05, 4.69) is 10.3 Å². The van der Waals surface area contributed by atoms with Crippen molar-refractivity contribution in [3.8, 4) is 0 Å². The van der Waals surface area contributed by atoms with Crippen LogP contribution in [0, 0.1) is 0 Å². The second-order valence-corrected chi connectivity index (χ2v) is 4.04. The Labute approximate surface area is 112 Å². The number of aromatic nitrogens is 1. The molecule has 0 unspecified atom stereocenters. The van der Waals surface area contributed by atoms with Gasteiger partial charge in [0, 0.05) is 13.0 Å². The summed E-state index contributed by atoms with van der Waals surface area (Å²) in [5, 5.41) is 2.56. The van der Waals surface area contributed by atoms with Crippen LogP contribution in [-0.4, -0.2) is 22.4 Å².